The van der Waals surface area contributed by atoms with Gasteiger partial charge in [0.25, 0.3) is 5.91 Å². The summed E-state index contributed by atoms with van der Waals surface area (Å²) in [7, 11) is 1.59. The van der Waals surface area contributed by atoms with Crippen LogP contribution >= 0.6 is 22.6 Å². The number of carbonyl (C=O) groups is 1. The van der Waals surface area contributed by atoms with Crippen LogP contribution < -0.4 is 10.1 Å². The lowest BCUT2D eigenvalue weighted by Gasteiger charge is -2.23. The van der Waals surface area contributed by atoms with E-state index in [1.807, 2.05) is 24.3 Å². The first kappa shape index (κ1) is 17.5. The topological polar surface area (TPSA) is 41.6 Å². The van der Waals surface area contributed by atoms with Crippen LogP contribution in [0.1, 0.15) is 30.1 Å². The molecule has 127 valence electrons. The van der Waals surface area contributed by atoms with E-state index in [2.05, 4.69) is 45.8 Å². The van der Waals surface area contributed by atoms with Gasteiger partial charge in [-0.3, -0.25) is 9.69 Å². The van der Waals surface area contributed by atoms with Crippen molar-refractivity contribution in [1.82, 2.24) is 10.2 Å². The third-order valence-electron chi connectivity index (χ3n) is 4.66. The van der Waals surface area contributed by atoms with Crippen molar-refractivity contribution in [2.45, 2.75) is 25.8 Å². The summed E-state index contributed by atoms with van der Waals surface area (Å²) in [6, 6.07) is 11.7. The smallest absolute Gasteiger partial charge is 0.255 e. The fraction of sp³-hybridized carbons (Fsp3) is 0.421. The van der Waals surface area contributed by atoms with E-state index in [1.54, 1.807) is 7.11 Å². The molecule has 4 nitrogen and oxygen atoms in total. The number of amides is 1. The monoisotopic (exact) mass is 437 g/mol. The number of ether oxygens (including phenoxy) is 1. The van der Waals surface area contributed by atoms with Gasteiger partial charge in [-0.15, -0.1) is 0 Å². The van der Waals surface area contributed by atoms with Crippen molar-refractivity contribution < 1.29 is 9.53 Å². The van der Waals surface area contributed by atoms with Gasteiger partial charge in [-0.2, -0.15) is 0 Å². The van der Waals surface area contributed by atoms with Gasteiger partial charge in [0.2, 0.25) is 0 Å². The zero-order valence-electron chi connectivity index (χ0n) is 14.1. The second-order valence-corrected chi connectivity index (χ2v) is 7.32. The van der Waals surface area contributed by atoms with Crippen LogP contribution in [0.3, 0.4) is 0 Å². The highest BCUT2D eigenvalue weighted by atomic mass is 127. The van der Waals surface area contributed by atoms with Crippen molar-refractivity contribution in [1.29, 1.82) is 0 Å². The molecule has 1 radical (unpaired) electrons. The molecule has 0 saturated carbocycles. The maximum atomic E-state index is 12.7. The van der Waals surface area contributed by atoms with E-state index in [4.69, 9.17) is 4.74 Å². The van der Waals surface area contributed by atoms with Crippen LogP contribution in [0.4, 0.5) is 0 Å². The Morgan fingerprint density at radius 1 is 1.46 bits per heavy atom. The third kappa shape index (κ3) is 3.67. The molecule has 1 fully saturated rings. The summed E-state index contributed by atoms with van der Waals surface area (Å²) in [6.07, 6.45) is 2.35. The number of hydrogen-bond acceptors (Lipinski definition) is 3. The minimum absolute atomic E-state index is 0.115. The molecule has 5 heteroatoms. The van der Waals surface area contributed by atoms with Crippen molar-refractivity contribution in [3.05, 3.63) is 39.5 Å². The van der Waals surface area contributed by atoms with E-state index in [9.17, 15) is 4.79 Å². The van der Waals surface area contributed by atoms with E-state index < -0.39 is 0 Å². The Hall–Kier alpha value is -1.34. The summed E-state index contributed by atoms with van der Waals surface area (Å²) >= 11 is 2.27. The Kier molecular flexibility index (Phi) is 5.61. The molecule has 3 rings (SSSR count). The standard InChI is InChI=1S/C19H22IN2O2/c1-3-22-8-4-5-16(22)12-21-19(23)17-10-14-9-15(20)7-6-13(14)11-18(17)24-2/h6-7,9,11,16H,3-5,8,12H2,1-2H3,(H,21,23). The number of likely N-dealkylation sites (tertiary alicyclic amines) is 1. The van der Waals surface area contributed by atoms with Crippen molar-refractivity contribution in [3.8, 4) is 5.75 Å². The number of methoxy groups -OCH3 is 1. The normalized spacial score (nSPS) is 18.0. The fourth-order valence-corrected chi connectivity index (χ4v) is 3.83. The Bertz CT molecular complexity index is 747. The molecule has 24 heavy (non-hydrogen) atoms. The molecule has 0 aliphatic carbocycles. The maximum absolute atomic E-state index is 12.7. The van der Waals surface area contributed by atoms with Gasteiger partial charge in [-0.05, 0) is 77.5 Å². The molecule has 1 N–H and O–H groups in total. The molecule has 0 aromatic heterocycles. The average molecular weight is 437 g/mol. The number of hydrogen-bond donors (Lipinski definition) is 1. The molecule has 2 aromatic rings. The first-order valence-corrected chi connectivity index (χ1v) is 9.42. The molecule has 1 aliphatic rings. The lowest BCUT2D eigenvalue weighted by molar-refractivity contribution is 0.0938. The van der Waals surface area contributed by atoms with Gasteiger partial charge in [0.1, 0.15) is 5.75 Å². The highest BCUT2D eigenvalue weighted by molar-refractivity contribution is 14.1. The predicted octanol–water partition coefficient (Wildman–Crippen LogP) is 3.47. The Balaban J connectivity index is 1.80. The SMILES string of the molecule is CCN1CCCC1CNC(=O)c1[c]c2cc(I)ccc2cc1OC. The minimum Gasteiger partial charge on any atom is -0.496 e. The summed E-state index contributed by atoms with van der Waals surface area (Å²) in [5.74, 6) is 0.454. The summed E-state index contributed by atoms with van der Waals surface area (Å²) in [6.45, 7) is 5.00. The predicted molar refractivity (Wildman–Crippen MR) is 105 cm³/mol. The number of nitrogens with zero attached hydrogens (tertiary/aromatic N) is 1. The van der Waals surface area contributed by atoms with E-state index in [0.717, 1.165) is 33.9 Å². The quantitative estimate of drug-likeness (QED) is 0.729. The zero-order valence-corrected chi connectivity index (χ0v) is 16.2. The Morgan fingerprint density at radius 2 is 2.29 bits per heavy atom. The Labute approximate surface area is 156 Å². The average Bonchev–Trinajstić information content (AvgIpc) is 3.06. The molecular weight excluding hydrogens is 415 g/mol. The first-order valence-electron chi connectivity index (χ1n) is 8.34. The molecule has 1 amide bonds. The van der Waals surface area contributed by atoms with Crippen LogP contribution in [0.15, 0.2) is 24.3 Å². The molecule has 1 heterocycles. The van der Waals surface area contributed by atoms with E-state index in [0.29, 0.717) is 23.9 Å². The number of halogens is 1. The molecule has 1 atom stereocenters. The van der Waals surface area contributed by atoms with Crippen LogP contribution in [0.5, 0.6) is 5.75 Å². The number of nitrogens with one attached hydrogen (secondary N) is 1. The molecule has 1 unspecified atom stereocenters. The van der Waals surface area contributed by atoms with Gasteiger partial charge < -0.3 is 10.1 Å². The van der Waals surface area contributed by atoms with Gasteiger partial charge in [-0.25, -0.2) is 0 Å². The van der Waals surface area contributed by atoms with E-state index in [-0.39, 0.29) is 5.91 Å². The molecular formula is C19H22IN2O2. The zero-order chi connectivity index (χ0) is 17.1. The van der Waals surface area contributed by atoms with Gasteiger partial charge >= 0.3 is 0 Å². The largest absolute Gasteiger partial charge is 0.496 e. The molecule has 0 spiro atoms. The van der Waals surface area contributed by atoms with E-state index >= 15 is 0 Å². The van der Waals surface area contributed by atoms with Crippen molar-refractivity contribution in [2.75, 3.05) is 26.7 Å². The molecule has 2 aromatic carbocycles. The summed E-state index contributed by atoms with van der Waals surface area (Å²) in [5.41, 5.74) is 0.480. The molecule has 0 bridgehead atoms. The number of benzene rings is 2. The van der Waals surface area contributed by atoms with Gasteiger partial charge in [0.05, 0.1) is 12.7 Å². The van der Waals surface area contributed by atoms with Crippen molar-refractivity contribution in [2.24, 2.45) is 0 Å². The fourth-order valence-electron chi connectivity index (χ4n) is 3.34. The summed E-state index contributed by atoms with van der Waals surface area (Å²) in [5, 5.41) is 5.02. The second-order valence-electron chi connectivity index (χ2n) is 6.08. The minimum atomic E-state index is -0.115. The van der Waals surface area contributed by atoms with Crippen molar-refractivity contribution in [3.63, 3.8) is 0 Å². The highest BCUT2D eigenvalue weighted by Crippen LogP contribution is 2.27. The van der Waals surface area contributed by atoms with Gasteiger partial charge in [0, 0.05) is 22.2 Å². The third-order valence-corrected chi connectivity index (χ3v) is 5.33. The molecule has 1 aliphatic heterocycles. The lowest BCUT2D eigenvalue weighted by Crippen LogP contribution is -2.40. The number of rotatable bonds is 5. The number of likely N-dealkylation sites (N-methyl/N-ethyl adjacent to an activating group) is 1. The van der Waals surface area contributed by atoms with Gasteiger partial charge in [0.15, 0.2) is 0 Å². The Morgan fingerprint density at radius 3 is 3.04 bits per heavy atom. The van der Waals surface area contributed by atoms with Crippen LogP contribution in [-0.4, -0.2) is 43.6 Å². The number of carbonyl (C=O) groups excluding carboxylic acids is 1. The first-order chi connectivity index (χ1) is 11.6. The summed E-state index contributed by atoms with van der Waals surface area (Å²) in [4.78, 5) is 15.1. The highest BCUT2D eigenvalue weighted by Gasteiger charge is 2.24. The van der Waals surface area contributed by atoms with Gasteiger partial charge in [-0.1, -0.05) is 13.0 Å². The van der Waals surface area contributed by atoms with Crippen LogP contribution in [0.2, 0.25) is 0 Å². The maximum Gasteiger partial charge on any atom is 0.255 e. The number of fused-ring (bicyclic) bond motifs is 1. The van der Waals surface area contributed by atoms with Crippen LogP contribution in [0.25, 0.3) is 10.8 Å². The van der Waals surface area contributed by atoms with Crippen molar-refractivity contribution >= 4 is 39.3 Å². The van der Waals surface area contributed by atoms with Crippen LogP contribution in [0, 0.1) is 9.64 Å². The van der Waals surface area contributed by atoms with E-state index in [1.165, 1.54) is 6.42 Å². The summed E-state index contributed by atoms with van der Waals surface area (Å²) < 4.78 is 6.54. The second kappa shape index (κ2) is 7.70. The molecule has 1 saturated heterocycles. The lowest BCUT2D eigenvalue weighted by atomic mass is 10.1. The van der Waals surface area contributed by atoms with Crippen LogP contribution in [-0.2, 0) is 0 Å².